The second-order valence-electron chi connectivity index (χ2n) is 8.61. The number of fused-ring (bicyclic) bond motifs is 1. The minimum Gasteiger partial charge on any atom is -0.508 e. The predicted molar refractivity (Wildman–Crippen MR) is 126 cm³/mol. The zero-order valence-electron chi connectivity index (χ0n) is 18.7. The molecule has 0 atom stereocenters. The van der Waals surface area contributed by atoms with Crippen LogP contribution in [0.25, 0.3) is 5.57 Å². The molecule has 6 heteroatoms. The molecule has 0 spiro atoms. The molecule has 0 aliphatic heterocycles. The Hall–Kier alpha value is -3.67. The van der Waals surface area contributed by atoms with Crippen molar-refractivity contribution in [1.29, 1.82) is 0 Å². The topological polar surface area (TPSA) is 84.3 Å². The Bertz CT molecular complexity index is 1190. The van der Waals surface area contributed by atoms with Crippen LogP contribution in [0.4, 0.5) is 0 Å². The Morgan fingerprint density at radius 3 is 2.48 bits per heavy atom. The van der Waals surface area contributed by atoms with Gasteiger partial charge >= 0.3 is 0 Å². The maximum absolute atomic E-state index is 11.8. The first-order valence-corrected chi connectivity index (χ1v) is 11.5. The molecule has 0 saturated heterocycles. The number of phenols is 1. The molecule has 0 radical (unpaired) electrons. The summed E-state index contributed by atoms with van der Waals surface area (Å²) in [5.74, 6) is 1.51. The van der Waals surface area contributed by atoms with Gasteiger partial charge in [-0.3, -0.25) is 4.79 Å². The first-order chi connectivity index (χ1) is 16.1. The largest absolute Gasteiger partial charge is 0.508 e. The highest BCUT2D eigenvalue weighted by molar-refractivity contribution is 5.94. The third-order valence-corrected chi connectivity index (χ3v) is 6.33. The summed E-state index contributed by atoms with van der Waals surface area (Å²) in [5, 5.41) is 12.3. The Labute approximate surface area is 193 Å². The van der Waals surface area contributed by atoms with E-state index in [2.05, 4.69) is 11.4 Å². The molecule has 1 aromatic heterocycles. The molecule has 0 bridgehead atoms. The number of rotatable bonds is 6. The second-order valence-corrected chi connectivity index (χ2v) is 8.61. The zero-order valence-corrected chi connectivity index (χ0v) is 18.7. The van der Waals surface area contributed by atoms with E-state index in [1.165, 1.54) is 12.8 Å². The normalized spacial score (nSPS) is 15.2. The van der Waals surface area contributed by atoms with Crippen LogP contribution < -0.4 is 10.1 Å². The Morgan fingerprint density at radius 1 is 1.06 bits per heavy atom. The van der Waals surface area contributed by atoms with Gasteiger partial charge in [0.1, 0.15) is 17.7 Å². The summed E-state index contributed by atoms with van der Waals surface area (Å²) in [4.78, 5) is 21.6. The Morgan fingerprint density at radius 2 is 1.79 bits per heavy atom. The van der Waals surface area contributed by atoms with Gasteiger partial charge in [0.15, 0.2) is 0 Å². The molecule has 2 aliphatic carbocycles. The van der Waals surface area contributed by atoms with Crippen molar-refractivity contribution in [3.8, 4) is 11.6 Å². The van der Waals surface area contributed by atoms with Crippen LogP contribution in [-0.4, -0.2) is 34.1 Å². The third kappa shape index (κ3) is 4.46. The molecule has 3 aromatic rings. The summed E-state index contributed by atoms with van der Waals surface area (Å²) in [6.07, 6.45) is 8.10. The Balaban J connectivity index is 1.47. The number of amides is 1. The highest BCUT2D eigenvalue weighted by atomic mass is 16.5. The monoisotopic (exact) mass is 441 g/mol. The number of benzene rings is 2. The summed E-state index contributed by atoms with van der Waals surface area (Å²) >= 11 is 0. The molecule has 1 fully saturated rings. The van der Waals surface area contributed by atoms with Crippen molar-refractivity contribution in [2.45, 2.75) is 44.6 Å². The molecule has 1 heterocycles. The number of ether oxygens (including phenoxy) is 1. The van der Waals surface area contributed by atoms with Crippen molar-refractivity contribution in [3.63, 3.8) is 0 Å². The molecule has 33 heavy (non-hydrogen) atoms. The number of hydrogen-bond acceptors (Lipinski definition) is 5. The second kappa shape index (κ2) is 9.06. The van der Waals surface area contributed by atoms with Gasteiger partial charge in [-0.2, -0.15) is 4.98 Å². The van der Waals surface area contributed by atoms with Gasteiger partial charge in [-0.1, -0.05) is 30.3 Å². The van der Waals surface area contributed by atoms with E-state index < -0.39 is 0 Å². The third-order valence-electron chi connectivity index (χ3n) is 6.33. The summed E-state index contributed by atoms with van der Waals surface area (Å²) in [6, 6.07) is 14.8. The van der Waals surface area contributed by atoms with Crippen LogP contribution in [0.2, 0.25) is 0 Å². The van der Waals surface area contributed by atoms with Gasteiger partial charge in [-0.25, -0.2) is 4.98 Å². The fourth-order valence-electron chi connectivity index (χ4n) is 4.58. The standard InChI is InChI=1S/C27H27N3O3/c1-28-26(32)19-8-6-17(7-9-19)16-24-29-23-15-14-22(18-10-12-20(31)13-11-18)25(23)27(30-24)33-21-4-2-3-5-21/h6-14,21,31H,2-5,15-16H2,1H3,(H,28,32). The summed E-state index contributed by atoms with van der Waals surface area (Å²) in [5.41, 5.74) is 5.68. The molecule has 0 unspecified atom stereocenters. The lowest BCUT2D eigenvalue weighted by Gasteiger charge is -2.18. The van der Waals surface area contributed by atoms with Gasteiger partial charge in [-0.05, 0) is 66.6 Å². The van der Waals surface area contributed by atoms with Crippen molar-refractivity contribution in [3.05, 3.63) is 88.4 Å². The molecule has 2 aliphatic rings. The molecular formula is C27H27N3O3. The van der Waals surface area contributed by atoms with E-state index >= 15 is 0 Å². The highest BCUT2D eigenvalue weighted by Gasteiger charge is 2.27. The summed E-state index contributed by atoms with van der Waals surface area (Å²) < 4.78 is 6.44. The minimum absolute atomic E-state index is 0.101. The number of aromatic hydroxyl groups is 1. The van der Waals surface area contributed by atoms with Crippen LogP contribution in [0, 0.1) is 0 Å². The van der Waals surface area contributed by atoms with Gasteiger partial charge in [0, 0.05) is 25.5 Å². The zero-order chi connectivity index (χ0) is 22.8. The van der Waals surface area contributed by atoms with E-state index in [-0.39, 0.29) is 17.8 Å². The van der Waals surface area contributed by atoms with Gasteiger partial charge in [-0.15, -0.1) is 0 Å². The first-order valence-electron chi connectivity index (χ1n) is 11.5. The number of carbonyl (C=O) groups excluding carboxylic acids is 1. The highest BCUT2D eigenvalue weighted by Crippen LogP contribution is 2.39. The van der Waals surface area contributed by atoms with E-state index in [9.17, 15) is 9.90 Å². The first kappa shape index (κ1) is 21.2. The van der Waals surface area contributed by atoms with Crippen LogP contribution in [0.5, 0.6) is 11.6 Å². The van der Waals surface area contributed by atoms with E-state index in [0.29, 0.717) is 17.9 Å². The maximum Gasteiger partial charge on any atom is 0.251 e. The molecule has 168 valence electrons. The van der Waals surface area contributed by atoms with Gasteiger partial charge in [0.25, 0.3) is 5.91 Å². The number of hydrogen-bond donors (Lipinski definition) is 2. The molecular weight excluding hydrogens is 414 g/mol. The average Bonchev–Trinajstić information content (AvgIpc) is 3.50. The van der Waals surface area contributed by atoms with E-state index in [1.807, 2.05) is 36.4 Å². The SMILES string of the molecule is CNC(=O)c1ccc(Cc2nc3c(c(OC4CCCC4)n2)C(c2ccc(O)cc2)=CC3)cc1. The van der Waals surface area contributed by atoms with Crippen molar-refractivity contribution < 1.29 is 14.6 Å². The van der Waals surface area contributed by atoms with Gasteiger partial charge in [0.2, 0.25) is 5.88 Å². The number of allylic oxidation sites excluding steroid dienone is 1. The van der Waals surface area contributed by atoms with E-state index in [1.54, 1.807) is 19.2 Å². The lowest BCUT2D eigenvalue weighted by atomic mass is 10.0. The van der Waals surface area contributed by atoms with E-state index in [4.69, 9.17) is 14.7 Å². The van der Waals surface area contributed by atoms with Crippen molar-refractivity contribution in [1.82, 2.24) is 15.3 Å². The fraction of sp³-hybridized carbons (Fsp3) is 0.296. The van der Waals surface area contributed by atoms with E-state index in [0.717, 1.165) is 53.0 Å². The number of nitrogens with zero attached hydrogens (tertiary/aromatic N) is 2. The lowest BCUT2D eigenvalue weighted by Crippen LogP contribution is -2.17. The minimum atomic E-state index is -0.101. The average molecular weight is 442 g/mol. The van der Waals surface area contributed by atoms with Crippen LogP contribution in [0.1, 0.15) is 64.2 Å². The van der Waals surface area contributed by atoms with Gasteiger partial charge < -0.3 is 15.2 Å². The maximum atomic E-state index is 11.8. The van der Waals surface area contributed by atoms with Gasteiger partial charge in [0.05, 0.1) is 11.3 Å². The Kier molecular flexibility index (Phi) is 5.82. The summed E-state index contributed by atoms with van der Waals surface area (Å²) in [7, 11) is 1.63. The molecule has 1 amide bonds. The number of nitrogens with one attached hydrogen (secondary N) is 1. The molecule has 2 N–H and O–H groups in total. The van der Waals surface area contributed by atoms with Crippen molar-refractivity contribution in [2.75, 3.05) is 7.05 Å². The molecule has 6 nitrogen and oxygen atoms in total. The predicted octanol–water partition coefficient (Wildman–Crippen LogP) is 4.44. The van der Waals surface area contributed by atoms with Crippen molar-refractivity contribution >= 4 is 11.5 Å². The van der Waals surface area contributed by atoms with Crippen LogP contribution in [0.15, 0.2) is 54.6 Å². The fourth-order valence-corrected chi connectivity index (χ4v) is 4.58. The number of aromatic nitrogens is 2. The quantitative estimate of drug-likeness (QED) is 0.591. The number of carbonyl (C=O) groups is 1. The lowest BCUT2D eigenvalue weighted by molar-refractivity contribution is 0.0963. The van der Waals surface area contributed by atoms with Crippen LogP contribution >= 0.6 is 0 Å². The van der Waals surface area contributed by atoms with Crippen LogP contribution in [0.3, 0.4) is 0 Å². The van der Waals surface area contributed by atoms with Crippen LogP contribution in [-0.2, 0) is 12.8 Å². The molecule has 1 saturated carbocycles. The smallest absolute Gasteiger partial charge is 0.251 e. The summed E-state index contributed by atoms with van der Waals surface area (Å²) in [6.45, 7) is 0. The van der Waals surface area contributed by atoms with Crippen molar-refractivity contribution in [2.24, 2.45) is 0 Å². The number of phenolic OH excluding ortho intramolecular Hbond substituents is 1. The molecule has 5 rings (SSSR count). The molecule has 2 aromatic carbocycles.